The van der Waals surface area contributed by atoms with Crippen molar-refractivity contribution in [3.8, 4) is 0 Å². The zero-order valence-corrected chi connectivity index (χ0v) is 12.0. The van der Waals surface area contributed by atoms with Gasteiger partial charge in [-0.3, -0.25) is 4.90 Å². The fourth-order valence-corrected chi connectivity index (χ4v) is 2.73. The Morgan fingerprint density at radius 2 is 1.80 bits per heavy atom. The van der Waals surface area contributed by atoms with Gasteiger partial charge in [-0.25, -0.2) is 0 Å². The zero-order valence-electron chi connectivity index (χ0n) is 12.0. The molecule has 0 saturated heterocycles. The molecular weight excluding hydrogens is 248 g/mol. The van der Waals surface area contributed by atoms with Crippen molar-refractivity contribution in [2.75, 3.05) is 19.6 Å². The second kappa shape index (κ2) is 6.94. The number of hydrogen-bond acceptors (Lipinski definition) is 2. The van der Waals surface area contributed by atoms with Crippen LogP contribution in [0.2, 0.25) is 0 Å². The third kappa shape index (κ3) is 2.93. The summed E-state index contributed by atoms with van der Waals surface area (Å²) in [4.78, 5) is 5.26. The molecule has 1 atom stereocenters. The largest absolute Gasteiger partial charge is 0.297 e. The molecule has 0 spiro atoms. The third-order valence-electron chi connectivity index (χ3n) is 3.75. The van der Waals surface area contributed by atoms with E-state index in [1.54, 1.807) is 0 Å². The topological polar surface area (TPSA) is 52.0 Å². The molecule has 0 amide bonds. The first kappa shape index (κ1) is 14.4. The third-order valence-corrected chi connectivity index (χ3v) is 3.75. The minimum Gasteiger partial charge on any atom is -0.297 e. The number of azide groups is 1. The van der Waals surface area contributed by atoms with E-state index >= 15 is 0 Å². The van der Waals surface area contributed by atoms with Crippen LogP contribution >= 0.6 is 0 Å². The molecule has 0 radical (unpaired) electrons. The first-order valence-corrected chi connectivity index (χ1v) is 7.04. The van der Waals surface area contributed by atoms with Gasteiger partial charge in [0.1, 0.15) is 0 Å². The lowest BCUT2D eigenvalue weighted by Crippen LogP contribution is -2.30. The number of fused-ring (bicyclic) bond motifs is 1. The lowest BCUT2D eigenvalue weighted by Gasteiger charge is -2.29. The molecule has 0 bridgehead atoms. The van der Waals surface area contributed by atoms with E-state index in [2.05, 4.69) is 65.2 Å². The van der Waals surface area contributed by atoms with Crippen LogP contribution in [0, 0.1) is 0 Å². The molecule has 0 N–H and O–H groups in total. The molecule has 0 aromatic heterocycles. The van der Waals surface area contributed by atoms with Gasteiger partial charge in [0.25, 0.3) is 0 Å². The summed E-state index contributed by atoms with van der Waals surface area (Å²) in [6.45, 7) is 6.61. The lowest BCUT2D eigenvalue weighted by atomic mass is 9.97. The first-order chi connectivity index (χ1) is 9.81. The Hall–Kier alpha value is -2.03. The fourth-order valence-electron chi connectivity index (χ4n) is 2.73. The van der Waals surface area contributed by atoms with Crippen molar-refractivity contribution in [3.05, 3.63) is 58.5 Å². The Balaban J connectivity index is 2.52. The van der Waals surface area contributed by atoms with Crippen LogP contribution in [0.1, 0.15) is 25.5 Å². The minimum absolute atomic E-state index is 0.131. The van der Waals surface area contributed by atoms with E-state index in [0.717, 1.165) is 13.1 Å². The van der Waals surface area contributed by atoms with E-state index < -0.39 is 0 Å². The van der Waals surface area contributed by atoms with Gasteiger partial charge in [0, 0.05) is 17.5 Å². The molecule has 2 aromatic carbocycles. The minimum atomic E-state index is 0.131. The second-order valence-corrected chi connectivity index (χ2v) is 4.72. The first-order valence-electron chi connectivity index (χ1n) is 7.04. The molecule has 2 rings (SSSR count). The number of hydrogen-bond donors (Lipinski definition) is 0. The Labute approximate surface area is 119 Å². The van der Waals surface area contributed by atoms with Crippen molar-refractivity contribution in [2.24, 2.45) is 5.11 Å². The summed E-state index contributed by atoms with van der Waals surface area (Å²) in [5.74, 6) is 0. The molecule has 0 fully saturated rings. The second-order valence-electron chi connectivity index (χ2n) is 4.72. The maximum Gasteiger partial charge on any atom is 0.0456 e. The maximum atomic E-state index is 8.64. The van der Waals surface area contributed by atoms with Crippen LogP contribution in [0.4, 0.5) is 0 Å². The predicted molar refractivity (Wildman–Crippen MR) is 83.6 cm³/mol. The molecule has 0 saturated carbocycles. The lowest BCUT2D eigenvalue weighted by molar-refractivity contribution is 0.225. The van der Waals surface area contributed by atoms with E-state index in [4.69, 9.17) is 5.53 Å². The standard InChI is InChI=1S/C16H20N4/c1-3-20(4-2)16(12-18-19-17)15-11-7-9-13-8-5-6-10-14(13)15/h5-11,16H,3-4,12H2,1-2H3. The predicted octanol–water partition coefficient (Wildman–Crippen LogP) is 4.53. The van der Waals surface area contributed by atoms with E-state index in [1.807, 2.05) is 6.07 Å². The fraction of sp³-hybridized carbons (Fsp3) is 0.375. The number of nitrogens with zero attached hydrogens (tertiary/aromatic N) is 4. The van der Waals surface area contributed by atoms with Crippen molar-refractivity contribution in [3.63, 3.8) is 0 Å². The van der Waals surface area contributed by atoms with Gasteiger partial charge in [0.15, 0.2) is 0 Å². The quantitative estimate of drug-likeness (QED) is 0.431. The Bertz CT molecular complexity index is 607. The van der Waals surface area contributed by atoms with Gasteiger partial charge >= 0.3 is 0 Å². The summed E-state index contributed by atoms with van der Waals surface area (Å²) in [5, 5.41) is 6.27. The van der Waals surface area contributed by atoms with Gasteiger partial charge in [0.2, 0.25) is 0 Å². The van der Waals surface area contributed by atoms with E-state index in [1.165, 1.54) is 16.3 Å². The van der Waals surface area contributed by atoms with Crippen LogP contribution in [-0.2, 0) is 0 Å². The van der Waals surface area contributed by atoms with Gasteiger partial charge in [-0.15, -0.1) is 0 Å². The summed E-state index contributed by atoms with van der Waals surface area (Å²) >= 11 is 0. The summed E-state index contributed by atoms with van der Waals surface area (Å²) in [5.41, 5.74) is 9.88. The highest BCUT2D eigenvalue weighted by molar-refractivity contribution is 5.86. The summed E-state index contributed by atoms with van der Waals surface area (Å²) in [6.07, 6.45) is 0. The Kier molecular flexibility index (Phi) is 4.99. The monoisotopic (exact) mass is 268 g/mol. The Morgan fingerprint density at radius 3 is 2.50 bits per heavy atom. The molecule has 4 nitrogen and oxygen atoms in total. The van der Waals surface area contributed by atoms with Crippen LogP contribution in [0.15, 0.2) is 47.6 Å². The van der Waals surface area contributed by atoms with Crippen LogP contribution in [-0.4, -0.2) is 24.5 Å². The molecule has 4 heteroatoms. The molecule has 20 heavy (non-hydrogen) atoms. The molecule has 0 heterocycles. The van der Waals surface area contributed by atoms with Gasteiger partial charge in [-0.1, -0.05) is 61.4 Å². The van der Waals surface area contributed by atoms with Crippen molar-refractivity contribution in [1.82, 2.24) is 4.90 Å². The molecule has 2 aromatic rings. The van der Waals surface area contributed by atoms with Crippen LogP contribution in [0.5, 0.6) is 0 Å². The summed E-state index contributed by atoms with van der Waals surface area (Å²) in [7, 11) is 0. The number of benzene rings is 2. The van der Waals surface area contributed by atoms with Gasteiger partial charge < -0.3 is 0 Å². The van der Waals surface area contributed by atoms with Crippen molar-refractivity contribution >= 4 is 10.8 Å². The highest BCUT2D eigenvalue weighted by Crippen LogP contribution is 2.28. The SMILES string of the molecule is CCN(CC)C(CN=[N+]=[N-])c1cccc2ccccc12. The van der Waals surface area contributed by atoms with Crippen LogP contribution < -0.4 is 0 Å². The highest BCUT2D eigenvalue weighted by Gasteiger charge is 2.18. The molecule has 0 aliphatic rings. The molecule has 104 valence electrons. The van der Waals surface area contributed by atoms with Crippen molar-refractivity contribution in [2.45, 2.75) is 19.9 Å². The maximum absolute atomic E-state index is 8.64. The van der Waals surface area contributed by atoms with Crippen LogP contribution in [0.3, 0.4) is 0 Å². The van der Waals surface area contributed by atoms with Gasteiger partial charge in [-0.2, -0.15) is 0 Å². The van der Waals surface area contributed by atoms with Crippen LogP contribution in [0.25, 0.3) is 21.2 Å². The zero-order chi connectivity index (χ0) is 14.4. The van der Waals surface area contributed by atoms with Gasteiger partial charge in [0.05, 0.1) is 0 Å². The normalized spacial score (nSPS) is 12.3. The van der Waals surface area contributed by atoms with Gasteiger partial charge in [-0.05, 0) is 35.0 Å². The summed E-state index contributed by atoms with van der Waals surface area (Å²) in [6, 6.07) is 14.8. The van der Waals surface area contributed by atoms with Crippen molar-refractivity contribution in [1.29, 1.82) is 0 Å². The highest BCUT2D eigenvalue weighted by atomic mass is 15.2. The Morgan fingerprint density at radius 1 is 1.10 bits per heavy atom. The summed E-state index contributed by atoms with van der Waals surface area (Å²) < 4.78 is 0. The number of rotatable bonds is 6. The van der Waals surface area contributed by atoms with E-state index in [9.17, 15) is 0 Å². The molecule has 0 aliphatic carbocycles. The average molecular weight is 268 g/mol. The average Bonchev–Trinajstić information content (AvgIpc) is 2.51. The molecule has 1 unspecified atom stereocenters. The molecular formula is C16H20N4. The number of likely N-dealkylation sites (N-methyl/N-ethyl adjacent to an activating group) is 1. The van der Waals surface area contributed by atoms with Crippen molar-refractivity contribution < 1.29 is 0 Å². The van der Waals surface area contributed by atoms with E-state index in [0.29, 0.717) is 6.54 Å². The molecule has 0 aliphatic heterocycles. The smallest absolute Gasteiger partial charge is 0.0456 e. The van der Waals surface area contributed by atoms with E-state index in [-0.39, 0.29) is 6.04 Å².